The van der Waals surface area contributed by atoms with Crippen LogP contribution in [0.2, 0.25) is 0 Å². The molecule has 1 atom stereocenters. The molecule has 0 amide bonds. The Morgan fingerprint density at radius 1 is 1.41 bits per heavy atom. The van der Waals surface area contributed by atoms with E-state index in [1.165, 1.54) is 11.3 Å². The Morgan fingerprint density at radius 2 is 2.36 bits per heavy atom. The molecule has 1 aliphatic carbocycles. The standard InChI is InChI=1S/C15H17N5OS/c21-6-5-20-13-3-1-2-12(11(13)8-18-20)19-14-10-4-7-22-15(10)17-9-16-14/h4,7-9,12,21H,1-3,5-6H2,(H,16,17,19)/t12-/m1/s1. The average molecular weight is 315 g/mol. The third-order valence-corrected chi connectivity index (χ3v) is 4.97. The number of aliphatic hydroxyl groups excluding tert-OH is 1. The van der Waals surface area contributed by atoms with Crippen LogP contribution in [0.1, 0.15) is 30.1 Å². The lowest BCUT2D eigenvalue weighted by Crippen LogP contribution is -2.19. The van der Waals surface area contributed by atoms with E-state index in [1.54, 1.807) is 17.7 Å². The molecule has 22 heavy (non-hydrogen) atoms. The van der Waals surface area contributed by atoms with Crippen LogP contribution < -0.4 is 5.32 Å². The molecule has 3 heterocycles. The number of nitrogens with one attached hydrogen (secondary N) is 1. The number of fused-ring (bicyclic) bond motifs is 2. The van der Waals surface area contributed by atoms with Gasteiger partial charge in [-0.2, -0.15) is 5.10 Å². The molecule has 114 valence electrons. The fourth-order valence-corrected chi connectivity index (χ4v) is 3.86. The molecular formula is C15H17N5OS. The van der Waals surface area contributed by atoms with E-state index >= 15 is 0 Å². The number of hydrogen-bond donors (Lipinski definition) is 2. The van der Waals surface area contributed by atoms with Crippen LogP contribution in [0, 0.1) is 0 Å². The Bertz CT molecular complexity index is 796. The molecule has 0 aromatic carbocycles. The summed E-state index contributed by atoms with van der Waals surface area (Å²) < 4.78 is 1.92. The van der Waals surface area contributed by atoms with Gasteiger partial charge in [-0.05, 0) is 30.7 Å². The molecule has 0 saturated heterocycles. The van der Waals surface area contributed by atoms with Gasteiger partial charge in [0.2, 0.25) is 0 Å². The molecule has 7 heteroatoms. The largest absolute Gasteiger partial charge is 0.394 e. The van der Waals surface area contributed by atoms with Gasteiger partial charge in [0.25, 0.3) is 0 Å². The molecule has 3 aromatic heterocycles. The topological polar surface area (TPSA) is 75.9 Å². The molecule has 0 fully saturated rings. The highest BCUT2D eigenvalue weighted by atomic mass is 32.1. The van der Waals surface area contributed by atoms with E-state index < -0.39 is 0 Å². The molecule has 0 saturated carbocycles. The van der Waals surface area contributed by atoms with Crippen LogP contribution in [0.5, 0.6) is 0 Å². The minimum atomic E-state index is 0.119. The molecule has 0 unspecified atom stereocenters. The van der Waals surface area contributed by atoms with Gasteiger partial charge in [0.15, 0.2) is 0 Å². The van der Waals surface area contributed by atoms with Gasteiger partial charge in [0.05, 0.1) is 30.8 Å². The Morgan fingerprint density at radius 3 is 3.27 bits per heavy atom. The van der Waals surface area contributed by atoms with Crippen LogP contribution in [0.3, 0.4) is 0 Å². The maximum atomic E-state index is 9.14. The Balaban J connectivity index is 1.66. The van der Waals surface area contributed by atoms with Crippen LogP contribution in [-0.4, -0.2) is 31.5 Å². The van der Waals surface area contributed by atoms with E-state index in [-0.39, 0.29) is 12.6 Å². The molecule has 2 N–H and O–H groups in total. The van der Waals surface area contributed by atoms with E-state index in [0.717, 1.165) is 35.3 Å². The first-order valence-electron chi connectivity index (χ1n) is 7.47. The molecular weight excluding hydrogens is 298 g/mol. The zero-order valence-corrected chi connectivity index (χ0v) is 12.9. The summed E-state index contributed by atoms with van der Waals surface area (Å²) >= 11 is 1.62. The van der Waals surface area contributed by atoms with Crippen molar-refractivity contribution in [3.63, 3.8) is 0 Å². The fraction of sp³-hybridized carbons (Fsp3) is 0.400. The summed E-state index contributed by atoms with van der Waals surface area (Å²) in [5.41, 5.74) is 2.45. The van der Waals surface area contributed by atoms with Crippen molar-refractivity contribution in [3.8, 4) is 0 Å². The van der Waals surface area contributed by atoms with E-state index in [1.807, 2.05) is 16.3 Å². The van der Waals surface area contributed by atoms with Gasteiger partial charge in [-0.15, -0.1) is 11.3 Å². The van der Waals surface area contributed by atoms with Crippen molar-refractivity contribution in [1.82, 2.24) is 19.7 Å². The van der Waals surface area contributed by atoms with Crippen molar-refractivity contribution in [2.24, 2.45) is 0 Å². The summed E-state index contributed by atoms with van der Waals surface area (Å²) in [6.07, 6.45) is 6.73. The van der Waals surface area contributed by atoms with Gasteiger partial charge in [-0.25, -0.2) is 9.97 Å². The summed E-state index contributed by atoms with van der Waals surface area (Å²) in [4.78, 5) is 9.70. The highest BCUT2D eigenvalue weighted by Crippen LogP contribution is 2.34. The van der Waals surface area contributed by atoms with Crippen LogP contribution in [0.15, 0.2) is 24.0 Å². The molecule has 0 bridgehead atoms. The molecule has 6 nitrogen and oxygen atoms in total. The second-order valence-corrected chi connectivity index (χ2v) is 6.34. The first kappa shape index (κ1) is 13.7. The molecule has 0 spiro atoms. The van der Waals surface area contributed by atoms with Crippen molar-refractivity contribution in [2.45, 2.75) is 31.8 Å². The van der Waals surface area contributed by atoms with Crippen LogP contribution >= 0.6 is 11.3 Å². The molecule has 0 aliphatic heterocycles. The second-order valence-electron chi connectivity index (χ2n) is 5.44. The summed E-state index contributed by atoms with van der Waals surface area (Å²) in [5.74, 6) is 0.888. The van der Waals surface area contributed by atoms with Crippen molar-refractivity contribution in [1.29, 1.82) is 0 Å². The summed E-state index contributed by atoms with van der Waals surface area (Å²) in [6, 6.07) is 2.27. The SMILES string of the molecule is OCCn1ncc2c1CCC[C@H]2Nc1ncnc2sccc12. The number of aromatic nitrogens is 4. The van der Waals surface area contributed by atoms with Gasteiger partial charge in [0.1, 0.15) is 17.0 Å². The average Bonchev–Trinajstić information content (AvgIpc) is 3.16. The Labute approximate surface area is 131 Å². The molecule has 4 rings (SSSR count). The summed E-state index contributed by atoms with van der Waals surface area (Å²) in [5, 5.41) is 20.2. The van der Waals surface area contributed by atoms with Gasteiger partial charge in [0, 0.05) is 11.3 Å². The highest BCUT2D eigenvalue weighted by molar-refractivity contribution is 7.16. The zero-order valence-electron chi connectivity index (χ0n) is 12.1. The van der Waals surface area contributed by atoms with Gasteiger partial charge in [-0.3, -0.25) is 4.68 Å². The maximum Gasteiger partial charge on any atom is 0.138 e. The smallest absolute Gasteiger partial charge is 0.138 e. The second kappa shape index (κ2) is 5.66. The minimum absolute atomic E-state index is 0.119. The van der Waals surface area contributed by atoms with Crippen molar-refractivity contribution in [3.05, 3.63) is 35.2 Å². The van der Waals surface area contributed by atoms with Crippen molar-refractivity contribution >= 4 is 27.4 Å². The number of anilines is 1. The normalized spacial score (nSPS) is 17.6. The van der Waals surface area contributed by atoms with E-state index in [2.05, 4.69) is 26.4 Å². The summed E-state index contributed by atoms with van der Waals surface area (Å²) in [6.45, 7) is 0.679. The lowest BCUT2D eigenvalue weighted by molar-refractivity contribution is 0.266. The third-order valence-electron chi connectivity index (χ3n) is 4.15. The lowest BCUT2D eigenvalue weighted by atomic mass is 9.93. The van der Waals surface area contributed by atoms with Crippen LogP contribution in [0.25, 0.3) is 10.2 Å². The number of rotatable bonds is 4. The van der Waals surface area contributed by atoms with Crippen LogP contribution in [-0.2, 0) is 13.0 Å². The molecule has 0 radical (unpaired) electrons. The van der Waals surface area contributed by atoms with Gasteiger partial charge in [-0.1, -0.05) is 0 Å². The number of nitrogens with zero attached hydrogens (tertiary/aromatic N) is 4. The number of hydrogen-bond acceptors (Lipinski definition) is 6. The zero-order chi connectivity index (χ0) is 14.9. The van der Waals surface area contributed by atoms with Crippen molar-refractivity contribution < 1.29 is 5.11 Å². The Hall–Kier alpha value is -1.99. The first-order chi connectivity index (χ1) is 10.9. The highest BCUT2D eigenvalue weighted by Gasteiger charge is 2.24. The first-order valence-corrected chi connectivity index (χ1v) is 8.35. The molecule has 1 aliphatic rings. The Kier molecular flexibility index (Phi) is 3.51. The fourth-order valence-electron chi connectivity index (χ4n) is 3.13. The van der Waals surface area contributed by atoms with Crippen molar-refractivity contribution in [2.75, 3.05) is 11.9 Å². The number of aliphatic hydroxyl groups is 1. The predicted octanol–water partition coefficient (Wildman–Crippen LogP) is 2.37. The van der Waals surface area contributed by atoms with Gasteiger partial charge < -0.3 is 10.4 Å². The maximum absolute atomic E-state index is 9.14. The van der Waals surface area contributed by atoms with Crippen LogP contribution in [0.4, 0.5) is 5.82 Å². The monoisotopic (exact) mass is 315 g/mol. The minimum Gasteiger partial charge on any atom is -0.394 e. The van der Waals surface area contributed by atoms with E-state index in [4.69, 9.17) is 5.11 Å². The molecule has 3 aromatic rings. The third kappa shape index (κ3) is 2.26. The lowest BCUT2D eigenvalue weighted by Gasteiger charge is -2.24. The summed E-state index contributed by atoms with van der Waals surface area (Å²) in [7, 11) is 0. The number of thiophene rings is 1. The predicted molar refractivity (Wildman–Crippen MR) is 86.0 cm³/mol. The van der Waals surface area contributed by atoms with E-state index in [0.29, 0.717) is 6.54 Å². The quantitative estimate of drug-likeness (QED) is 0.773. The van der Waals surface area contributed by atoms with E-state index in [9.17, 15) is 0 Å². The van der Waals surface area contributed by atoms with Gasteiger partial charge >= 0.3 is 0 Å².